The first kappa shape index (κ1) is 11.9. The van der Waals surface area contributed by atoms with Crippen LogP contribution in [0.15, 0.2) is 24.3 Å². The highest BCUT2D eigenvalue weighted by atomic mass is 35.5. The Kier molecular flexibility index (Phi) is 3.24. The molecular formula is C13H18ClNO. The van der Waals surface area contributed by atoms with Gasteiger partial charge in [-0.2, -0.15) is 0 Å². The van der Waals surface area contributed by atoms with E-state index in [-0.39, 0.29) is 5.41 Å². The van der Waals surface area contributed by atoms with Gasteiger partial charge in [0.1, 0.15) is 0 Å². The van der Waals surface area contributed by atoms with Gasteiger partial charge in [-0.15, -0.1) is 0 Å². The van der Waals surface area contributed by atoms with Crippen LogP contribution in [0.4, 0.5) is 0 Å². The minimum atomic E-state index is -0.493. The summed E-state index contributed by atoms with van der Waals surface area (Å²) in [5.74, 6) is 0.664. The molecule has 3 N–H and O–H groups in total. The van der Waals surface area contributed by atoms with Gasteiger partial charge in [0.15, 0.2) is 0 Å². The van der Waals surface area contributed by atoms with Crippen molar-refractivity contribution < 1.29 is 5.11 Å². The summed E-state index contributed by atoms with van der Waals surface area (Å²) >= 11 is 5.93. The third-order valence-electron chi connectivity index (χ3n) is 3.66. The van der Waals surface area contributed by atoms with Crippen LogP contribution in [-0.4, -0.2) is 11.7 Å². The van der Waals surface area contributed by atoms with Crippen molar-refractivity contribution in [1.82, 2.24) is 0 Å². The largest absolute Gasteiger partial charge is 0.388 e. The van der Waals surface area contributed by atoms with E-state index in [1.165, 1.54) is 0 Å². The lowest BCUT2D eigenvalue weighted by Crippen LogP contribution is -2.46. The number of halogens is 1. The Morgan fingerprint density at radius 2 is 2.25 bits per heavy atom. The fourth-order valence-corrected chi connectivity index (χ4v) is 3.06. The molecule has 0 spiro atoms. The Morgan fingerprint density at radius 1 is 1.56 bits per heavy atom. The van der Waals surface area contributed by atoms with E-state index >= 15 is 0 Å². The van der Waals surface area contributed by atoms with Crippen LogP contribution in [0.1, 0.15) is 31.4 Å². The Balaban J connectivity index is 2.21. The predicted octanol–water partition coefficient (Wildman–Crippen LogP) is 2.75. The second-order valence-electron chi connectivity index (χ2n) is 5.04. The maximum Gasteiger partial charge on any atom is 0.0859 e. The molecule has 0 unspecified atom stereocenters. The third-order valence-corrected chi connectivity index (χ3v) is 3.90. The Labute approximate surface area is 101 Å². The van der Waals surface area contributed by atoms with Gasteiger partial charge >= 0.3 is 0 Å². The molecule has 88 valence electrons. The van der Waals surface area contributed by atoms with E-state index in [0.29, 0.717) is 17.5 Å². The molecule has 1 atom stereocenters. The Bertz CT molecular complexity index is 374. The van der Waals surface area contributed by atoms with Gasteiger partial charge in [0.2, 0.25) is 0 Å². The lowest BCUT2D eigenvalue weighted by Gasteiger charge is -2.49. The van der Waals surface area contributed by atoms with Gasteiger partial charge in [-0.05, 0) is 36.5 Å². The molecule has 1 aromatic carbocycles. The van der Waals surface area contributed by atoms with Gasteiger partial charge in [0.05, 0.1) is 6.10 Å². The number of aliphatic hydroxyl groups is 1. The highest BCUT2D eigenvalue weighted by molar-refractivity contribution is 6.30. The molecule has 1 fully saturated rings. The molecule has 1 saturated carbocycles. The average Bonchev–Trinajstić information content (AvgIpc) is 2.23. The standard InChI is InChI=1S/C13H18ClNO/c1-9-6-13(7-9,8-15)12(16)10-3-2-4-11(14)5-10/h2-5,9,12,16H,6-8,15H2,1H3/t9?,12-,13?/m0/s1. The van der Waals surface area contributed by atoms with E-state index in [0.717, 1.165) is 18.4 Å². The molecule has 3 heteroatoms. The molecule has 0 amide bonds. The van der Waals surface area contributed by atoms with Gasteiger partial charge in [0.25, 0.3) is 0 Å². The predicted molar refractivity (Wildman–Crippen MR) is 66.3 cm³/mol. The van der Waals surface area contributed by atoms with Crippen molar-refractivity contribution in [3.8, 4) is 0 Å². The van der Waals surface area contributed by atoms with Crippen molar-refractivity contribution in [2.24, 2.45) is 17.1 Å². The van der Waals surface area contributed by atoms with E-state index in [1.807, 2.05) is 24.3 Å². The molecule has 1 aliphatic rings. The fourth-order valence-electron chi connectivity index (χ4n) is 2.86. The van der Waals surface area contributed by atoms with Crippen LogP contribution in [0.3, 0.4) is 0 Å². The number of hydrogen-bond donors (Lipinski definition) is 2. The maximum atomic E-state index is 10.4. The van der Waals surface area contributed by atoms with Crippen molar-refractivity contribution >= 4 is 11.6 Å². The summed E-state index contributed by atoms with van der Waals surface area (Å²) in [5.41, 5.74) is 6.56. The first-order valence-corrected chi connectivity index (χ1v) is 6.09. The van der Waals surface area contributed by atoms with E-state index in [2.05, 4.69) is 6.92 Å². The van der Waals surface area contributed by atoms with E-state index < -0.39 is 6.10 Å². The summed E-state index contributed by atoms with van der Waals surface area (Å²) in [4.78, 5) is 0. The van der Waals surface area contributed by atoms with E-state index in [9.17, 15) is 5.11 Å². The number of hydrogen-bond acceptors (Lipinski definition) is 2. The van der Waals surface area contributed by atoms with Crippen LogP contribution in [0.25, 0.3) is 0 Å². The van der Waals surface area contributed by atoms with Gasteiger partial charge in [0, 0.05) is 17.0 Å². The highest BCUT2D eigenvalue weighted by Crippen LogP contribution is 2.52. The zero-order chi connectivity index (χ0) is 11.8. The van der Waals surface area contributed by atoms with Crippen molar-refractivity contribution in [2.75, 3.05) is 6.54 Å². The molecular weight excluding hydrogens is 222 g/mol. The van der Waals surface area contributed by atoms with Crippen molar-refractivity contribution in [2.45, 2.75) is 25.9 Å². The molecule has 1 aromatic rings. The second-order valence-corrected chi connectivity index (χ2v) is 5.47. The number of aliphatic hydroxyl groups excluding tert-OH is 1. The average molecular weight is 240 g/mol. The molecule has 0 saturated heterocycles. The maximum absolute atomic E-state index is 10.4. The minimum Gasteiger partial charge on any atom is -0.388 e. The summed E-state index contributed by atoms with van der Waals surface area (Å²) in [6.07, 6.45) is 1.50. The summed E-state index contributed by atoms with van der Waals surface area (Å²) in [7, 11) is 0. The summed E-state index contributed by atoms with van der Waals surface area (Å²) in [6.45, 7) is 2.73. The highest BCUT2D eigenvalue weighted by Gasteiger charge is 2.46. The number of nitrogens with two attached hydrogens (primary N) is 1. The van der Waals surface area contributed by atoms with Crippen molar-refractivity contribution in [1.29, 1.82) is 0 Å². The summed E-state index contributed by atoms with van der Waals surface area (Å²) in [6, 6.07) is 7.42. The molecule has 0 radical (unpaired) electrons. The molecule has 0 bridgehead atoms. The van der Waals surface area contributed by atoms with Gasteiger partial charge in [-0.25, -0.2) is 0 Å². The smallest absolute Gasteiger partial charge is 0.0859 e. The van der Waals surface area contributed by atoms with Crippen LogP contribution in [0, 0.1) is 11.3 Å². The summed E-state index contributed by atoms with van der Waals surface area (Å²) in [5, 5.41) is 11.1. The van der Waals surface area contributed by atoms with Crippen LogP contribution in [0.5, 0.6) is 0 Å². The SMILES string of the molecule is CC1CC(CN)([C@@H](O)c2cccc(Cl)c2)C1. The number of rotatable bonds is 3. The molecule has 2 nitrogen and oxygen atoms in total. The first-order chi connectivity index (χ1) is 7.57. The van der Waals surface area contributed by atoms with Crippen LogP contribution < -0.4 is 5.73 Å². The molecule has 2 rings (SSSR count). The monoisotopic (exact) mass is 239 g/mol. The molecule has 1 aliphatic carbocycles. The molecule has 0 heterocycles. The van der Waals surface area contributed by atoms with E-state index in [1.54, 1.807) is 0 Å². The Hall–Kier alpha value is -0.570. The van der Waals surface area contributed by atoms with Crippen LogP contribution in [-0.2, 0) is 0 Å². The zero-order valence-electron chi connectivity index (χ0n) is 9.49. The topological polar surface area (TPSA) is 46.2 Å². The molecule has 0 aliphatic heterocycles. The van der Waals surface area contributed by atoms with Crippen molar-refractivity contribution in [3.63, 3.8) is 0 Å². The first-order valence-electron chi connectivity index (χ1n) is 5.71. The quantitative estimate of drug-likeness (QED) is 0.852. The third kappa shape index (κ3) is 1.97. The van der Waals surface area contributed by atoms with Gasteiger partial charge in [-0.1, -0.05) is 30.7 Å². The number of benzene rings is 1. The minimum absolute atomic E-state index is 0.135. The fraction of sp³-hybridized carbons (Fsp3) is 0.538. The van der Waals surface area contributed by atoms with Crippen LogP contribution >= 0.6 is 11.6 Å². The molecule has 0 aromatic heterocycles. The lowest BCUT2D eigenvalue weighted by molar-refractivity contribution is -0.0602. The molecule has 16 heavy (non-hydrogen) atoms. The normalized spacial score (nSPS) is 30.9. The van der Waals surface area contributed by atoms with Crippen LogP contribution in [0.2, 0.25) is 5.02 Å². The second kappa shape index (κ2) is 4.36. The van der Waals surface area contributed by atoms with Gasteiger partial charge in [-0.3, -0.25) is 0 Å². The zero-order valence-corrected chi connectivity index (χ0v) is 10.2. The van der Waals surface area contributed by atoms with Gasteiger partial charge < -0.3 is 10.8 Å². The van der Waals surface area contributed by atoms with Crippen molar-refractivity contribution in [3.05, 3.63) is 34.9 Å². The summed E-state index contributed by atoms with van der Waals surface area (Å²) < 4.78 is 0. The Morgan fingerprint density at radius 3 is 2.75 bits per heavy atom. The van der Waals surface area contributed by atoms with E-state index in [4.69, 9.17) is 17.3 Å². The lowest BCUT2D eigenvalue weighted by atomic mass is 9.58.